The standard InChI is InChI=1S/C9H13OSi.C5H5.C3H6.2ClH.Zr/c11-10-9-6-5-7-3-1-2-4-8(7)9;1-2-4-5-3-1;1-3-2;;;/h5-6H,1-4H2,11H3;1-3H,4H2;1-2H3;2*1H;. The monoisotopic (exact) mass is 434 g/mol. The molecule has 22 heavy (non-hydrogen) atoms. The van der Waals surface area contributed by atoms with Crippen molar-refractivity contribution in [3.63, 3.8) is 0 Å². The number of hydrogen-bond acceptors (Lipinski definition) is 1. The predicted molar refractivity (Wildman–Crippen MR) is 101 cm³/mol. The van der Waals surface area contributed by atoms with E-state index >= 15 is 0 Å². The zero-order valence-electron chi connectivity index (χ0n) is 13.6. The van der Waals surface area contributed by atoms with Crippen LogP contribution in [0.1, 0.15) is 46.0 Å². The van der Waals surface area contributed by atoms with Gasteiger partial charge in [0.15, 0.2) is 0 Å². The maximum Gasteiger partial charge on any atom is -0.147 e. The van der Waals surface area contributed by atoms with Gasteiger partial charge in [-0.1, -0.05) is 0 Å². The summed E-state index contributed by atoms with van der Waals surface area (Å²) in [5.41, 5.74) is 3.28. The first kappa shape index (κ1) is 20.5. The summed E-state index contributed by atoms with van der Waals surface area (Å²) in [5.74, 6) is 0. The Hall–Kier alpha value is 0.470. The Bertz CT molecular complexity index is 585. The molecule has 0 radical (unpaired) electrons. The van der Waals surface area contributed by atoms with Crippen LogP contribution in [0.25, 0.3) is 0 Å². The quantitative estimate of drug-likeness (QED) is 0.609. The van der Waals surface area contributed by atoms with Crippen molar-refractivity contribution in [2.45, 2.75) is 49.3 Å². The SMILES string of the molecule is C[C](C)=[Zr]([C]1=CC=CC1)[C]1(O[SiH3])C=CC2=C1CCCC2.Cl.Cl. The van der Waals surface area contributed by atoms with Crippen molar-refractivity contribution in [3.05, 3.63) is 44.8 Å². The van der Waals surface area contributed by atoms with E-state index in [1.807, 2.05) is 0 Å². The fourth-order valence-electron chi connectivity index (χ4n) is 3.95. The van der Waals surface area contributed by atoms with Crippen LogP contribution in [0, 0.1) is 0 Å². The topological polar surface area (TPSA) is 9.23 Å². The molecule has 0 fully saturated rings. The first-order valence-corrected chi connectivity index (χ1v) is 12.2. The third-order valence-corrected chi connectivity index (χ3v) is 14.8. The van der Waals surface area contributed by atoms with E-state index in [1.165, 1.54) is 32.1 Å². The molecule has 0 aromatic rings. The Balaban J connectivity index is 0.00000121. The van der Waals surface area contributed by atoms with E-state index in [1.54, 1.807) is 17.6 Å². The van der Waals surface area contributed by atoms with Crippen molar-refractivity contribution in [1.29, 1.82) is 0 Å². The minimum Gasteiger partial charge on any atom is -0.147 e. The summed E-state index contributed by atoms with van der Waals surface area (Å²) in [4.78, 5) is 0. The third kappa shape index (κ3) is 3.44. The maximum atomic E-state index is 6.40. The van der Waals surface area contributed by atoms with Gasteiger partial charge in [0.05, 0.1) is 0 Å². The molecular weight excluding hydrogens is 410 g/mol. The second kappa shape index (κ2) is 8.53. The van der Waals surface area contributed by atoms with Gasteiger partial charge in [-0.15, -0.1) is 24.8 Å². The van der Waals surface area contributed by atoms with Gasteiger partial charge in [0.25, 0.3) is 0 Å². The molecule has 0 heterocycles. The third-order valence-electron chi connectivity index (χ3n) is 4.76. The zero-order chi connectivity index (χ0) is 14.2. The van der Waals surface area contributed by atoms with Crippen molar-refractivity contribution in [1.82, 2.24) is 0 Å². The molecule has 0 aromatic heterocycles. The fourth-order valence-corrected chi connectivity index (χ4v) is 14.1. The summed E-state index contributed by atoms with van der Waals surface area (Å²) in [7, 11) is 0.834. The molecule has 5 heteroatoms. The molecule has 0 amide bonds. The summed E-state index contributed by atoms with van der Waals surface area (Å²) >= 11 is -1.95. The van der Waals surface area contributed by atoms with E-state index in [-0.39, 0.29) is 28.1 Å². The molecule has 1 atom stereocenters. The van der Waals surface area contributed by atoms with Crippen molar-refractivity contribution in [2.75, 3.05) is 0 Å². The van der Waals surface area contributed by atoms with Crippen LogP contribution in [0.5, 0.6) is 0 Å². The maximum absolute atomic E-state index is 6.40. The molecule has 3 aliphatic carbocycles. The molecule has 3 rings (SSSR count). The van der Waals surface area contributed by atoms with E-state index in [4.69, 9.17) is 4.43 Å². The molecule has 0 N–H and O–H groups in total. The average Bonchev–Trinajstić information content (AvgIpc) is 3.08. The van der Waals surface area contributed by atoms with E-state index in [0.717, 1.165) is 10.5 Å². The minimum absolute atomic E-state index is 0. The van der Waals surface area contributed by atoms with Crippen LogP contribution in [-0.4, -0.2) is 17.0 Å². The number of allylic oxidation sites excluding steroid dienone is 6. The van der Waals surface area contributed by atoms with Crippen LogP contribution < -0.4 is 0 Å². The van der Waals surface area contributed by atoms with Gasteiger partial charge in [0.1, 0.15) is 0 Å². The molecular formula is C17H26Cl2OSiZr. The number of halogens is 2. The van der Waals surface area contributed by atoms with E-state index in [0.29, 0.717) is 0 Å². The number of hydrogen-bond donors (Lipinski definition) is 0. The normalized spacial score (nSPS) is 25.5. The zero-order valence-corrected chi connectivity index (χ0v) is 19.7. The number of rotatable bonds is 3. The van der Waals surface area contributed by atoms with E-state index < -0.39 is 21.3 Å². The first-order chi connectivity index (χ1) is 9.69. The van der Waals surface area contributed by atoms with Crippen molar-refractivity contribution >= 4 is 38.5 Å². The Labute approximate surface area is 157 Å². The summed E-state index contributed by atoms with van der Waals surface area (Å²) < 4.78 is 9.82. The summed E-state index contributed by atoms with van der Waals surface area (Å²) in [6, 6.07) is 0. The van der Waals surface area contributed by atoms with Gasteiger partial charge < -0.3 is 0 Å². The van der Waals surface area contributed by atoms with Crippen LogP contribution in [0.15, 0.2) is 44.8 Å². The predicted octanol–water partition coefficient (Wildman–Crippen LogP) is 3.94. The average molecular weight is 437 g/mol. The van der Waals surface area contributed by atoms with Crippen LogP contribution in [0.3, 0.4) is 0 Å². The van der Waals surface area contributed by atoms with Crippen LogP contribution in [-0.2, 0) is 25.7 Å². The Morgan fingerprint density at radius 2 is 1.95 bits per heavy atom. The minimum atomic E-state index is -1.95. The van der Waals surface area contributed by atoms with Crippen LogP contribution in [0.2, 0.25) is 0 Å². The molecule has 122 valence electrons. The summed E-state index contributed by atoms with van der Waals surface area (Å²) in [5, 5.41) is 0. The van der Waals surface area contributed by atoms with Crippen LogP contribution >= 0.6 is 24.8 Å². The molecule has 0 aromatic carbocycles. The van der Waals surface area contributed by atoms with Gasteiger partial charge in [0, 0.05) is 0 Å². The summed E-state index contributed by atoms with van der Waals surface area (Å²) in [6.07, 6.45) is 18.2. The largest absolute Gasteiger partial charge is 0.147 e. The molecule has 1 unspecified atom stereocenters. The van der Waals surface area contributed by atoms with E-state index in [2.05, 4.69) is 44.2 Å². The van der Waals surface area contributed by atoms with Crippen molar-refractivity contribution in [3.8, 4) is 0 Å². The Morgan fingerprint density at radius 1 is 1.23 bits per heavy atom. The van der Waals surface area contributed by atoms with Crippen LogP contribution in [0.4, 0.5) is 0 Å². The molecule has 0 saturated carbocycles. The first-order valence-electron chi connectivity index (χ1n) is 7.70. The van der Waals surface area contributed by atoms with Gasteiger partial charge in [-0.25, -0.2) is 0 Å². The van der Waals surface area contributed by atoms with Gasteiger partial charge in [0.2, 0.25) is 0 Å². The second-order valence-corrected chi connectivity index (χ2v) is 14.3. The van der Waals surface area contributed by atoms with Crippen molar-refractivity contribution in [2.24, 2.45) is 0 Å². The van der Waals surface area contributed by atoms with Gasteiger partial charge >= 0.3 is 133 Å². The Kier molecular flexibility index (Phi) is 7.96. The molecule has 1 nitrogen and oxygen atoms in total. The van der Waals surface area contributed by atoms with Gasteiger partial charge in [-0.05, 0) is 0 Å². The molecule has 0 saturated heterocycles. The summed E-state index contributed by atoms with van der Waals surface area (Å²) in [6.45, 7) is 4.71. The van der Waals surface area contributed by atoms with Crippen molar-refractivity contribution < 1.29 is 25.7 Å². The fraction of sp³-hybridized carbons (Fsp3) is 0.471. The smallest absolute Gasteiger partial charge is 0.147 e. The second-order valence-electron chi connectivity index (χ2n) is 6.18. The molecule has 0 bridgehead atoms. The van der Waals surface area contributed by atoms with Gasteiger partial charge in [-0.3, -0.25) is 0 Å². The molecule has 0 aliphatic heterocycles. The van der Waals surface area contributed by atoms with E-state index in [9.17, 15) is 0 Å². The van der Waals surface area contributed by atoms with Gasteiger partial charge in [-0.2, -0.15) is 0 Å². The molecule has 3 aliphatic rings. The Morgan fingerprint density at radius 3 is 2.55 bits per heavy atom. The molecule has 0 spiro atoms.